The van der Waals surface area contributed by atoms with Crippen molar-refractivity contribution in [1.82, 2.24) is 10.2 Å². The molecule has 0 spiro atoms. The number of carbonyl (C=O) groups excluding carboxylic acids is 4. The van der Waals surface area contributed by atoms with E-state index in [1.54, 1.807) is 25.7 Å². The Labute approximate surface area is 247 Å². The molecule has 1 fully saturated rings. The minimum Gasteiger partial charge on any atom is -0.491 e. The zero-order valence-electron chi connectivity index (χ0n) is 24.8. The molecule has 0 aromatic heterocycles. The van der Waals surface area contributed by atoms with E-state index in [-0.39, 0.29) is 37.9 Å². The SMILES string of the molecule is CC(C)(C)OC(=O)[C@@H]1COCCOc2cccc(c2)C[C@H](N2CCCC2=O)C(=O)C[C@@H](CCc2ccccc2)C(=O)N1. The van der Waals surface area contributed by atoms with E-state index in [1.165, 1.54) is 0 Å². The number of benzene rings is 2. The maximum absolute atomic E-state index is 14.0. The van der Waals surface area contributed by atoms with Crippen LogP contribution >= 0.6 is 0 Å². The van der Waals surface area contributed by atoms with Crippen molar-refractivity contribution >= 4 is 23.6 Å². The van der Waals surface area contributed by atoms with Crippen molar-refractivity contribution in [2.45, 2.75) is 77.0 Å². The van der Waals surface area contributed by atoms with Gasteiger partial charge in [0.25, 0.3) is 0 Å². The predicted molar refractivity (Wildman–Crippen MR) is 157 cm³/mol. The first-order valence-electron chi connectivity index (χ1n) is 14.8. The number of fused-ring (bicyclic) bond motifs is 2. The number of amides is 2. The van der Waals surface area contributed by atoms with E-state index in [4.69, 9.17) is 14.2 Å². The Balaban J connectivity index is 1.64. The van der Waals surface area contributed by atoms with Gasteiger partial charge in [0.05, 0.1) is 19.3 Å². The van der Waals surface area contributed by atoms with Crippen LogP contribution in [-0.4, -0.2) is 72.5 Å². The van der Waals surface area contributed by atoms with Gasteiger partial charge in [0, 0.05) is 31.7 Å². The van der Waals surface area contributed by atoms with Gasteiger partial charge in [0.1, 0.15) is 18.0 Å². The first-order chi connectivity index (χ1) is 20.1. The fourth-order valence-electron chi connectivity index (χ4n) is 5.32. The van der Waals surface area contributed by atoms with Crippen LogP contribution in [0.5, 0.6) is 5.75 Å². The number of aryl methyl sites for hydroxylation is 1. The molecule has 2 bridgehead atoms. The van der Waals surface area contributed by atoms with E-state index >= 15 is 0 Å². The second-order valence-electron chi connectivity index (χ2n) is 12.0. The highest BCUT2D eigenvalue weighted by atomic mass is 16.6. The quantitative estimate of drug-likeness (QED) is 0.539. The van der Waals surface area contributed by atoms with Crippen molar-refractivity contribution in [2.24, 2.45) is 5.92 Å². The molecule has 9 nitrogen and oxygen atoms in total. The smallest absolute Gasteiger partial charge is 0.331 e. The third-order valence-corrected chi connectivity index (χ3v) is 7.42. The minimum atomic E-state index is -1.06. The number of ether oxygens (including phenoxy) is 3. The summed E-state index contributed by atoms with van der Waals surface area (Å²) in [6, 6.07) is 15.5. The van der Waals surface area contributed by atoms with Crippen molar-refractivity contribution in [3.05, 3.63) is 65.7 Å². The number of hydrogen-bond acceptors (Lipinski definition) is 7. The Morgan fingerprint density at radius 1 is 1.02 bits per heavy atom. The molecule has 9 heteroatoms. The molecule has 2 heterocycles. The summed E-state index contributed by atoms with van der Waals surface area (Å²) in [4.78, 5) is 55.3. The van der Waals surface area contributed by atoms with Crippen LogP contribution in [0.2, 0.25) is 0 Å². The van der Waals surface area contributed by atoms with E-state index in [9.17, 15) is 19.2 Å². The summed E-state index contributed by atoms with van der Waals surface area (Å²) in [7, 11) is 0. The second-order valence-corrected chi connectivity index (χ2v) is 12.0. The van der Waals surface area contributed by atoms with Crippen molar-refractivity contribution in [1.29, 1.82) is 0 Å². The maximum atomic E-state index is 14.0. The standard InChI is InChI=1S/C33H42N2O7/c1-33(2,3)42-32(39)27-22-40-17-18-41-26-12-7-11-24(19-26)20-28(35-16-8-13-30(35)37)29(36)21-25(31(38)34-27)15-14-23-9-5-4-6-10-23/h4-7,9-12,19,25,27-28H,8,13-18,20-22H2,1-3H3,(H,34,38)/t25-,27+,28+/m1/s1. The summed E-state index contributed by atoms with van der Waals surface area (Å²) in [5, 5.41) is 2.82. The molecule has 0 unspecified atom stereocenters. The number of carbonyl (C=O) groups is 4. The number of ketones is 1. The van der Waals surface area contributed by atoms with Gasteiger partial charge in [0.2, 0.25) is 11.8 Å². The highest BCUT2D eigenvalue weighted by Crippen LogP contribution is 2.24. The van der Waals surface area contributed by atoms with Crippen LogP contribution in [0.1, 0.15) is 57.6 Å². The monoisotopic (exact) mass is 578 g/mol. The summed E-state index contributed by atoms with van der Waals surface area (Å²) in [5.74, 6) is -1.36. The average Bonchev–Trinajstić information content (AvgIpc) is 3.37. The van der Waals surface area contributed by atoms with Crippen LogP contribution in [0.25, 0.3) is 0 Å². The summed E-state index contributed by atoms with van der Waals surface area (Å²) in [6.07, 6.45) is 2.33. The lowest BCUT2D eigenvalue weighted by molar-refractivity contribution is -0.160. The number of nitrogens with zero attached hydrogens (tertiary/aromatic N) is 1. The Kier molecular flexibility index (Phi) is 10.7. The van der Waals surface area contributed by atoms with E-state index < -0.39 is 35.5 Å². The topological polar surface area (TPSA) is 111 Å². The number of rotatable bonds is 5. The molecular weight excluding hydrogens is 536 g/mol. The van der Waals surface area contributed by atoms with E-state index in [2.05, 4.69) is 5.32 Å². The van der Waals surface area contributed by atoms with Gasteiger partial charge < -0.3 is 24.4 Å². The van der Waals surface area contributed by atoms with Crippen LogP contribution in [0.4, 0.5) is 0 Å². The molecule has 42 heavy (non-hydrogen) atoms. The average molecular weight is 579 g/mol. The first kappa shape index (κ1) is 31.2. The molecule has 4 rings (SSSR count). The highest BCUT2D eigenvalue weighted by molar-refractivity contribution is 5.94. The number of esters is 1. The van der Waals surface area contributed by atoms with Gasteiger partial charge in [-0.1, -0.05) is 42.5 Å². The van der Waals surface area contributed by atoms with Crippen LogP contribution in [-0.2, 0) is 41.5 Å². The minimum absolute atomic E-state index is 0.0532. The molecule has 1 saturated heterocycles. The van der Waals surface area contributed by atoms with Crippen molar-refractivity contribution in [3.8, 4) is 5.75 Å². The van der Waals surface area contributed by atoms with Gasteiger partial charge in [-0.2, -0.15) is 0 Å². The third-order valence-electron chi connectivity index (χ3n) is 7.42. The zero-order chi connectivity index (χ0) is 30.1. The summed E-state index contributed by atoms with van der Waals surface area (Å²) in [5.41, 5.74) is 1.15. The Bertz CT molecular complexity index is 1240. The molecule has 3 atom stereocenters. The van der Waals surface area contributed by atoms with E-state index in [0.29, 0.717) is 44.4 Å². The zero-order valence-corrected chi connectivity index (χ0v) is 24.8. The lowest BCUT2D eigenvalue weighted by Crippen LogP contribution is -2.50. The molecule has 0 saturated carbocycles. The number of Topliss-reactive ketones (excluding diaryl/α,β-unsaturated/α-hetero) is 1. The van der Waals surface area contributed by atoms with Gasteiger partial charge in [-0.3, -0.25) is 14.4 Å². The fourth-order valence-corrected chi connectivity index (χ4v) is 5.32. The first-order valence-corrected chi connectivity index (χ1v) is 14.8. The van der Waals surface area contributed by atoms with Gasteiger partial charge in [0.15, 0.2) is 11.8 Å². The molecule has 0 radical (unpaired) electrons. The number of hydrogen-bond donors (Lipinski definition) is 1. The molecule has 2 aliphatic rings. The maximum Gasteiger partial charge on any atom is 0.331 e. The van der Waals surface area contributed by atoms with Gasteiger partial charge in [-0.25, -0.2) is 4.79 Å². The largest absolute Gasteiger partial charge is 0.491 e. The normalized spacial score (nSPS) is 22.8. The Hall–Kier alpha value is -3.72. The van der Waals surface area contributed by atoms with Gasteiger partial charge in [-0.05, 0) is 63.3 Å². The molecule has 2 amide bonds. The summed E-state index contributed by atoms with van der Waals surface area (Å²) >= 11 is 0. The molecule has 1 N–H and O–H groups in total. The van der Waals surface area contributed by atoms with Gasteiger partial charge in [-0.15, -0.1) is 0 Å². The highest BCUT2D eigenvalue weighted by Gasteiger charge is 2.36. The lowest BCUT2D eigenvalue weighted by atomic mass is 9.89. The second kappa shape index (κ2) is 14.4. The molecule has 2 aromatic rings. The summed E-state index contributed by atoms with van der Waals surface area (Å²) < 4.78 is 17.1. The number of likely N-dealkylation sites (tertiary alicyclic amines) is 1. The summed E-state index contributed by atoms with van der Waals surface area (Å²) in [6.45, 7) is 6.09. The fraction of sp³-hybridized carbons (Fsp3) is 0.515. The van der Waals surface area contributed by atoms with Crippen molar-refractivity contribution < 1.29 is 33.4 Å². The van der Waals surface area contributed by atoms with Crippen LogP contribution in [0.15, 0.2) is 54.6 Å². The van der Waals surface area contributed by atoms with Crippen LogP contribution in [0.3, 0.4) is 0 Å². The van der Waals surface area contributed by atoms with Crippen molar-refractivity contribution in [2.75, 3.05) is 26.4 Å². The van der Waals surface area contributed by atoms with E-state index in [1.807, 2.05) is 54.6 Å². The molecule has 2 aliphatic heterocycles. The van der Waals surface area contributed by atoms with E-state index in [0.717, 1.165) is 11.1 Å². The molecule has 2 aromatic carbocycles. The Morgan fingerprint density at radius 2 is 1.81 bits per heavy atom. The molecule has 226 valence electrons. The molecule has 0 aliphatic carbocycles. The van der Waals surface area contributed by atoms with Gasteiger partial charge >= 0.3 is 5.97 Å². The van der Waals surface area contributed by atoms with Crippen molar-refractivity contribution in [3.63, 3.8) is 0 Å². The third kappa shape index (κ3) is 9.14. The Morgan fingerprint density at radius 3 is 2.52 bits per heavy atom. The lowest BCUT2D eigenvalue weighted by Gasteiger charge is -2.29. The van der Waals surface area contributed by atoms with Crippen LogP contribution < -0.4 is 10.1 Å². The molecular formula is C33H42N2O7. The predicted octanol–water partition coefficient (Wildman–Crippen LogP) is 3.66. The number of nitrogens with one attached hydrogen (secondary N) is 1. The van der Waals surface area contributed by atoms with Crippen LogP contribution in [0, 0.1) is 5.92 Å².